The molecule has 4 heteroatoms. The Kier molecular flexibility index (Phi) is 3.84. The standard InChI is InChI=1S/C16H20O4/c1-10-5-6-12(11-7-8-11)9-13(14(10)17)19-15(18)20-16(2,3)4/h5-6,9,11H,7-8H2,1-4H3. The second-order valence-electron chi connectivity index (χ2n) is 6.19. The van der Waals surface area contributed by atoms with E-state index in [-0.39, 0.29) is 11.2 Å². The molecule has 1 aromatic carbocycles. The van der Waals surface area contributed by atoms with Crippen molar-refractivity contribution in [1.29, 1.82) is 0 Å². The summed E-state index contributed by atoms with van der Waals surface area (Å²) in [5.74, 6) is 0.519. The van der Waals surface area contributed by atoms with E-state index in [0.717, 1.165) is 18.4 Å². The van der Waals surface area contributed by atoms with Gasteiger partial charge in [0.25, 0.3) is 0 Å². The number of rotatable bonds is 2. The van der Waals surface area contributed by atoms with Crippen molar-refractivity contribution in [2.75, 3.05) is 0 Å². The fourth-order valence-electron chi connectivity index (χ4n) is 1.86. The molecule has 0 radical (unpaired) electrons. The molecular weight excluding hydrogens is 256 g/mol. The van der Waals surface area contributed by atoms with Gasteiger partial charge in [-0.15, -0.1) is 0 Å². The van der Waals surface area contributed by atoms with Crippen LogP contribution in [-0.2, 0) is 4.74 Å². The van der Waals surface area contributed by atoms with Gasteiger partial charge in [-0.3, -0.25) is 4.79 Å². The summed E-state index contributed by atoms with van der Waals surface area (Å²) in [5, 5.41) is 0. The van der Waals surface area contributed by atoms with E-state index in [0.29, 0.717) is 11.5 Å². The number of carbonyl (C=O) groups excluding carboxylic acids is 1. The van der Waals surface area contributed by atoms with Crippen LogP contribution in [0.4, 0.5) is 4.79 Å². The van der Waals surface area contributed by atoms with Crippen LogP contribution < -0.4 is 10.2 Å². The summed E-state index contributed by atoms with van der Waals surface area (Å²) in [7, 11) is 0. The molecule has 0 amide bonds. The first kappa shape index (κ1) is 14.6. The molecule has 2 rings (SSSR count). The lowest BCUT2D eigenvalue weighted by atomic mass is 10.2. The second kappa shape index (κ2) is 5.27. The van der Waals surface area contributed by atoms with Crippen molar-refractivity contribution in [3.63, 3.8) is 0 Å². The Morgan fingerprint density at radius 2 is 1.90 bits per heavy atom. The highest BCUT2D eigenvalue weighted by Crippen LogP contribution is 2.40. The average molecular weight is 276 g/mol. The smallest absolute Gasteiger partial charge is 0.428 e. The minimum absolute atomic E-state index is 0.0450. The van der Waals surface area contributed by atoms with Crippen molar-refractivity contribution in [3.05, 3.63) is 39.5 Å². The molecule has 0 spiro atoms. The number of ether oxygens (including phenoxy) is 2. The average Bonchev–Trinajstić information content (AvgIpc) is 3.12. The zero-order valence-corrected chi connectivity index (χ0v) is 12.4. The van der Waals surface area contributed by atoms with Crippen LogP contribution in [0, 0.1) is 6.92 Å². The van der Waals surface area contributed by atoms with Crippen LogP contribution in [-0.4, -0.2) is 11.8 Å². The van der Waals surface area contributed by atoms with Crippen LogP contribution >= 0.6 is 0 Å². The Morgan fingerprint density at radius 1 is 1.25 bits per heavy atom. The third-order valence-corrected chi connectivity index (χ3v) is 3.04. The summed E-state index contributed by atoms with van der Waals surface area (Å²) in [4.78, 5) is 23.8. The second-order valence-corrected chi connectivity index (χ2v) is 6.19. The summed E-state index contributed by atoms with van der Waals surface area (Å²) < 4.78 is 10.2. The van der Waals surface area contributed by atoms with E-state index in [2.05, 4.69) is 0 Å². The molecule has 0 N–H and O–H groups in total. The lowest BCUT2D eigenvalue weighted by Gasteiger charge is -2.18. The van der Waals surface area contributed by atoms with Gasteiger partial charge in [0.05, 0.1) is 0 Å². The molecule has 4 nitrogen and oxygen atoms in total. The zero-order chi connectivity index (χ0) is 14.9. The summed E-state index contributed by atoms with van der Waals surface area (Å²) in [6.45, 7) is 6.95. The SMILES string of the molecule is Cc1ccc(C2CC2)cc(OC(=O)OC(C)(C)C)c1=O. The molecule has 0 bridgehead atoms. The molecule has 0 aromatic heterocycles. The van der Waals surface area contributed by atoms with Gasteiger partial charge in [0, 0.05) is 5.56 Å². The molecule has 0 heterocycles. The summed E-state index contributed by atoms with van der Waals surface area (Å²) in [5.41, 5.74) is 0.665. The maximum absolute atomic E-state index is 12.1. The predicted octanol–water partition coefficient (Wildman–Crippen LogP) is 3.55. The maximum atomic E-state index is 12.1. The van der Waals surface area contributed by atoms with Crippen molar-refractivity contribution in [2.45, 2.75) is 52.1 Å². The number of hydrogen-bond donors (Lipinski definition) is 0. The fourth-order valence-corrected chi connectivity index (χ4v) is 1.86. The molecule has 0 saturated heterocycles. The first-order valence-electron chi connectivity index (χ1n) is 6.82. The van der Waals surface area contributed by atoms with Gasteiger partial charge < -0.3 is 9.47 Å². The van der Waals surface area contributed by atoms with E-state index in [1.54, 1.807) is 39.8 Å². The van der Waals surface area contributed by atoms with Crippen molar-refractivity contribution < 1.29 is 14.3 Å². The fraction of sp³-hybridized carbons (Fsp3) is 0.500. The van der Waals surface area contributed by atoms with E-state index < -0.39 is 11.8 Å². The molecular formula is C16H20O4. The van der Waals surface area contributed by atoms with Gasteiger partial charge in [-0.25, -0.2) is 4.79 Å². The van der Waals surface area contributed by atoms with Gasteiger partial charge in [-0.05, 0) is 58.1 Å². The summed E-state index contributed by atoms with van der Waals surface area (Å²) in [6.07, 6.45) is 1.38. The summed E-state index contributed by atoms with van der Waals surface area (Å²) >= 11 is 0. The van der Waals surface area contributed by atoms with Crippen LogP contribution in [0.3, 0.4) is 0 Å². The van der Waals surface area contributed by atoms with E-state index in [1.165, 1.54) is 0 Å². The maximum Gasteiger partial charge on any atom is 0.514 e. The minimum Gasteiger partial charge on any atom is -0.428 e. The van der Waals surface area contributed by atoms with Crippen LogP contribution in [0.2, 0.25) is 0 Å². The number of aryl methyl sites for hydroxylation is 1. The Morgan fingerprint density at radius 3 is 2.45 bits per heavy atom. The molecule has 20 heavy (non-hydrogen) atoms. The minimum atomic E-state index is -0.845. The molecule has 1 aliphatic rings. The van der Waals surface area contributed by atoms with Crippen LogP contribution in [0.5, 0.6) is 5.75 Å². The monoisotopic (exact) mass is 276 g/mol. The first-order chi connectivity index (χ1) is 9.26. The first-order valence-corrected chi connectivity index (χ1v) is 6.82. The van der Waals surface area contributed by atoms with Crippen molar-refractivity contribution in [3.8, 4) is 5.75 Å². The molecule has 108 valence electrons. The van der Waals surface area contributed by atoms with Crippen molar-refractivity contribution in [1.82, 2.24) is 0 Å². The summed E-state index contributed by atoms with van der Waals surface area (Å²) in [6, 6.07) is 5.37. The topological polar surface area (TPSA) is 52.6 Å². The molecule has 1 aromatic rings. The molecule has 1 fully saturated rings. The van der Waals surface area contributed by atoms with E-state index in [9.17, 15) is 9.59 Å². The van der Waals surface area contributed by atoms with E-state index in [1.807, 2.05) is 6.07 Å². The van der Waals surface area contributed by atoms with Gasteiger partial charge in [0.1, 0.15) is 5.60 Å². The zero-order valence-electron chi connectivity index (χ0n) is 12.4. The van der Waals surface area contributed by atoms with Gasteiger partial charge in [-0.1, -0.05) is 12.1 Å². The van der Waals surface area contributed by atoms with Gasteiger partial charge in [0.15, 0.2) is 5.75 Å². The van der Waals surface area contributed by atoms with Crippen molar-refractivity contribution >= 4 is 6.16 Å². The van der Waals surface area contributed by atoms with E-state index >= 15 is 0 Å². The Labute approximate surface area is 118 Å². The largest absolute Gasteiger partial charge is 0.514 e. The van der Waals surface area contributed by atoms with E-state index in [4.69, 9.17) is 9.47 Å². The van der Waals surface area contributed by atoms with Crippen molar-refractivity contribution in [2.24, 2.45) is 0 Å². The number of hydrogen-bond acceptors (Lipinski definition) is 4. The highest BCUT2D eigenvalue weighted by atomic mass is 16.7. The Balaban J connectivity index is 2.28. The van der Waals surface area contributed by atoms with Crippen LogP contribution in [0.25, 0.3) is 0 Å². The highest BCUT2D eigenvalue weighted by Gasteiger charge is 2.25. The molecule has 1 saturated carbocycles. The van der Waals surface area contributed by atoms with Crippen LogP contribution in [0.1, 0.15) is 50.7 Å². The Hall–Kier alpha value is -1.84. The normalized spacial score (nSPS) is 14.8. The quantitative estimate of drug-likeness (QED) is 0.775. The lowest BCUT2D eigenvalue weighted by molar-refractivity contribution is 0.0204. The molecule has 1 aliphatic carbocycles. The Bertz CT molecular complexity index is 580. The molecule has 0 unspecified atom stereocenters. The predicted molar refractivity (Wildman–Crippen MR) is 76.3 cm³/mol. The third-order valence-electron chi connectivity index (χ3n) is 3.04. The lowest BCUT2D eigenvalue weighted by Crippen LogP contribution is -2.27. The highest BCUT2D eigenvalue weighted by molar-refractivity contribution is 5.64. The van der Waals surface area contributed by atoms with Gasteiger partial charge in [-0.2, -0.15) is 0 Å². The third kappa shape index (κ3) is 3.83. The van der Waals surface area contributed by atoms with Gasteiger partial charge >= 0.3 is 6.16 Å². The van der Waals surface area contributed by atoms with Crippen LogP contribution in [0.15, 0.2) is 23.0 Å². The van der Waals surface area contributed by atoms with Gasteiger partial charge in [0.2, 0.25) is 5.43 Å². The molecule has 0 atom stereocenters. The number of carbonyl (C=O) groups is 1. The molecule has 0 aliphatic heterocycles.